The topological polar surface area (TPSA) is 37.8 Å². The Hall–Kier alpha value is -1.94. The summed E-state index contributed by atoms with van der Waals surface area (Å²) >= 11 is 3.59. The molecule has 1 unspecified atom stereocenters. The lowest BCUT2D eigenvalue weighted by Crippen LogP contribution is -2.07. The van der Waals surface area contributed by atoms with Crippen molar-refractivity contribution < 1.29 is 0 Å². The van der Waals surface area contributed by atoms with E-state index >= 15 is 0 Å². The molecule has 3 aromatic rings. The van der Waals surface area contributed by atoms with Crippen LogP contribution in [0.25, 0.3) is 11.0 Å². The molecule has 0 saturated heterocycles. The number of aromatic nitrogens is 2. The zero-order valence-corrected chi connectivity index (χ0v) is 12.6. The summed E-state index contributed by atoms with van der Waals surface area (Å²) in [6.07, 6.45) is 3.42. The van der Waals surface area contributed by atoms with Crippen LogP contribution in [0.3, 0.4) is 0 Å². The highest BCUT2D eigenvalue weighted by Gasteiger charge is 2.09. The van der Waals surface area contributed by atoms with Gasteiger partial charge >= 0.3 is 0 Å². The fraction of sp³-hybridized carbons (Fsp3) is 0.125. The predicted molar refractivity (Wildman–Crippen MR) is 85.7 cm³/mol. The van der Waals surface area contributed by atoms with Gasteiger partial charge in [-0.1, -0.05) is 34.1 Å². The van der Waals surface area contributed by atoms with E-state index in [9.17, 15) is 0 Å². The van der Waals surface area contributed by atoms with E-state index in [2.05, 4.69) is 50.3 Å². The minimum absolute atomic E-state index is 0.208. The number of rotatable bonds is 3. The minimum atomic E-state index is 0.208. The average Bonchev–Trinajstić information content (AvgIpc) is 2.47. The lowest BCUT2D eigenvalue weighted by Gasteiger charge is -2.17. The standard InChI is InChI=1S/C16H14BrN3/c1-11(13-4-2-3-5-14(13)17)20-12-6-7-15-16(10-12)19-9-8-18-15/h2-11,20H,1H3. The molecule has 1 aromatic heterocycles. The maximum atomic E-state index is 4.33. The first kappa shape index (κ1) is 13.1. The quantitative estimate of drug-likeness (QED) is 0.765. The van der Waals surface area contributed by atoms with E-state index < -0.39 is 0 Å². The molecule has 1 heterocycles. The molecule has 3 rings (SSSR count). The maximum Gasteiger partial charge on any atom is 0.0907 e. The van der Waals surface area contributed by atoms with E-state index in [1.807, 2.05) is 30.3 Å². The highest BCUT2D eigenvalue weighted by atomic mass is 79.9. The van der Waals surface area contributed by atoms with Crippen molar-refractivity contribution in [3.63, 3.8) is 0 Å². The summed E-state index contributed by atoms with van der Waals surface area (Å²) in [5.74, 6) is 0. The molecule has 0 saturated carbocycles. The number of fused-ring (bicyclic) bond motifs is 1. The second-order valence-electron chi connectivity index (χ2n) is 4.65. The number of benzene rings is 2. The summed E-state index contributed by atoms with van der Waals surface area (Å²) in [5, 5.41) is 3.49. The zero-order chi connectivity index (χ0) is 13.9. The second-order valence-corrected chi connectivity index (χ2v) is 5.50. The first-order valence-electron chi connectivity index (χ1n) is 6.46. The van der Waals surface area contributed by atoms with Crippen LogP contribution in [-0.4, -0.2) is 9.97 Å². The first-order chi connectivity index (χ1) is 9.74. The molecule has 0 fully saturated rings. The Labute approximate surface area is 126 Å². The van der Waals surface area contributed by atoms with Crippen LogP contribution in [0.2, 0.25) is 0 Å². The molecule has 1 atom stereocenters. The smallest absolute Gasteiger partial charge is 0.0907 e. The Morgan fingerprint density at radius 1 is 1.00 bits per heavy atom. The van der Waals surface area contributed by atoms with Crippen molar-refractivity contribution in [3.8, 4) is 0 Å². The summed E-state index contributed by atoms with van der Waals surface area (Å²) in [6, 6.07) is 14.5. The normalized spacial score (nSPS) is 12.3. The fourth-order valence-electron chi connectivity index (χ4n) is 2.21. The molecule has 4 heteroatoms. The van der Waals surface area contributed by atoms with Gasteiger partial charge in [-0.05, 0) is 36.8 Å². The van der Waals surface area contributed by atoms with E-state index in [4.69, 9.17) is 0 Å². The number of anilines is 1. The molecule has 0 aliphatic rings. The molecule has 100 valence electrons. The highest BCUT2D eigenvalue weighted by Crippen LogP contribution is 2.26. The minimum Gasteiger partial charge on any atom is -0.378 e. The van der Waals surface area contributed by atoms with E-state index in [1.54, 1.807) is 12.4 Å². The van der Waals surface area contributed by atoms with Crippen LogP contribution in [0, 0.1) is 0 Å². The van der Waals surface area contributed by atoms with Crippen molar-refractivity contribution in [3.05, 3.63) is 64.9 Å². The Bertz CT molecular complexity index is 742. The SMILES string of the molecule is CC(Nc1ccc2nccnc2c1)c1ccccc1Br. The molecule has 0 bridgehead atoms. The van der Waals surface area contributed by atoms with Gasteiger partial charge in [0.05, 0.1) is 11.0 Å². The average molecular weight is 328 g/mol. The van der Waals surface area contributed by atoms with Gasteiger partial charge in [0.2, 0.25) is 0 Å². The van der Waals surface area contributed by atoms with Crippen molar-refractivity contribution >= 4 is 32.7 Å². The summed E-state index contributed by atoms with van der Waals surface area (Å²) in [4.78, 5) is 8.60. The van der Waals surface area contributed by atoms with Gasteiger partial charge in [0.15, 0.2) is 0 Å². The van der Waals surface area contributed by atoms with Crippen LogP contribution >= 0.6 is 15.9 Å². The Kier molecular flexibility index (Phi) is 3.65. The van der Waals surface area contributed by atoms with Gasteiger partial charge in [0.25, 0.3) is 0 Å². The number of nitrogens with zero attached hydrogens (tertiary/aromatic N) is 2. The summed E-state index contributed by atoms with van der Waals surface area (Å²) in [7, 11) is 0. The van der Waals surface area contributed by atoms with Crippen molar-refractivity contribution in [1.29, 1.82) is 0 Å². The molecule has 0 spiro atoms. The van der Waals surface area contributed by atoms with Crippen LogP contribution in [-0.2, 0) is 0 Å². The van der Waals surface area contributed by atoms with Gasteiger partial charge in [0.1, 0.15) is 0 Å². The zero-order valence-electron chi connectivity index (χ0n) is 11.0. The van der Waals surface area contributed by atoms with E-state index in [0.29, 0.717) is 0 Å². The Morgan fingerprint density at radius 3 is 2.55 bits per heavy atom. The largest absolute Gasteiger partial charge is 0.378 e. The van der Waals surface area contributed by atoms with Crippen LogP contribution in [0.1, 0.15) is 18.5 Å². The number of hydrogen-bond acceptors (Lipinski definition) is 3. The second kappa shape index (κ2) is 5.59. The van der Waals surface area contributed by atoms with Crippen LogP contribution in [0.15, 0.2) is 59.3 Å². The third kappa shape index (κ3) is 2.65. The molecule has 1 N–H and O–H groups in total. The Morgan fingerprint density at radius 2 is 1.75 bits per heavy atom. The van der Waals surface area contributed by atoms with Gasteiger partial charge in [-0.25, -0.2) is 0 Å². The lowest BCUT2D eigenvalue weighted by molar-refractivity contribution is 0.879. The summed E-state index contributed by atoms with van der Waals surface area (Å²) < 4.78 is 1.11. The van der Waals surface area contributed by atoms with Crippen LogP contribution < -0.4 is 5.32 Å². The molecular weight excluding hydrogens is 314 g/mol. The predicted octanol–water partition coefficient (Wildman–Crippen LogP) is 4.57. The van der Waals surface area contributed by atoms with Crippen molar-refractivity contribution in [2.24, 2.45) is 0 Å². The van der Waals surface area contributed by atoms with Crippen molar-refractivity contribution in [2.45, 2.75) is 13.0 Å². The third-order valence-electron chi connectivity index (χ3n) is 3.22. The van der Waals surface area contributed by atoms with E-state index in [0.717, 1.165) is 21.2 Å². The molecule has 2 aromatic carbocycles. The monoisotopic (exact) mass is 327 g/mol. The summed E-state index contributed by atoms with van der Waals surface area (Å²) in [6.45, 7) is 2.14. The molecule has 0 amide bonds. The first-order valence-corrected chi connectivity index (χ1v) is 7.25. The number of halogens is 1. The van der Waals surface area contributed by atoms with Crippen LogP contribution in [0.4, 0.5) is 5.69 Å². The highest BCUT2D eigenvalue weighted by molar-refractivity contribution is 9.10. The van der Waals surface area contributed by atoms with Gasteiger partial charge < -0.3 is 5.32 Å². The van der Waals surface area contributed by atoms with E-state index in [-0.39, 0.29) is 6.04 Å². The molecule has 0 aliphatic carbocycles. The summed E-state index contributed by atoms with van der Waals surface area (Å²) in [5.41, 5.74) is 4.08. The van der Waals surface area contributed by atoms with Gasteiger partial charge in [0, 0.05) is 28.6 Å². The molecule has 20 heavy (non-hydrogen) atoms. The number of nitrogens with one attached hydrogen (secondary N) is 1. The van der Waals surface area contributed by atoms with Crippen LogP contribution in [0.5, 0.6) is 0 Å². The fourth-order valence-corrected chi connectivity index (χ4v) is 2.84. The lowest BCUT2D eigenvalue weighted by atomic mass is 10.1. The molecular formula is C16H14BrN3. The van der Waals surface area contributed by atoms with Crippen molar-refractivity contribution in [1.82, 2.24) is 9.97 Å². The van der Waals surface area contributed by atoms with E-state index in [1.165, 1.54) is 5.56 Å². The van der Waals surface area contributed by atoms with Gasteiger partial charge in [-0.15, -0.1) is 0 Å². The van der Waals surface area contributed by atoms with Crippen molar-refractivity contribution in [2.75, 3.05) is 5.32 Å². The van der Waals surface area contributed by atoms with Gasteiger partial charge in [-0.2, -0.15) is 0 Å². The number of hydrogen-bond donors (Lipinski definition) is 1. The maximum absolute atomic E-state index is 4.33. The molecule has 0 radical (unpaired) electrons. The Balaban J connectivity index is 1.87. The molecule has 3 nitrogen and oxygen atoms in total. The molecule has 0 aliphatic heterocycles. The van der Waals surface area contributed by atoms with Gasteiger partial charge in [-0.3, -0.25) is 9.97 Å². The third-order valence-corrected chi connectivity index (χ3v) is 3.95.